The molecule has 1 rings (SSSR count). The van der Waals surface area contributed by atoms with Crippen LogP contribution in [-0.4, -0.2) is 29.6 Å². The summed E-state index contributed by atoms with van der Waals surface area (Å²) in [5.41, 5.74) is -0.215. The highest BCUT2D eigenvalue weighted by atomic mass is 19.4. The molecule has 1 fully saturated rings. The summed E-state index contributed by atoms with van der Waals surface area (Å²) in [5, 5.41) is 0. The molecule has 88 valence electrons. The van der Waals surface area contributed by atoms with Gasteiger partial charge in [0.15, 0.2) is 0 Å². The van der Waals surface area contributed by atoms with Crippen LogP contribution in [-0.2, 0) is 4.79 Å². The third-order valence-corrected chi connectivity index (χ3v) is 2.87. The molecule has 1 heterocycles. The lowest BCUT2D eigenvalue weighted by Gasteiger charge is -2.42. The van der Waals surface area contributed by atoms with E-state index in [1.54, 1.807) is 6.92 Å². The summed E-state index contributed by atoms with van der Waals surface area (Å²) in [5.74, 6) is -1.71. The van der Waals surface area contributed by atoms with Gasteiger partial charge in [-0.15, -0.1) is 0 Å². The normalized spacial score (nSPS) is 26.5. The molecule has 2 nitrogen and oxygen atoms in total. The largest absolute Gasteiger partial charge is 0.471 e. The number of amides is 1. The molecule has 0 aromatic heterocycles. The molecule has 1 aliphatic heterocycles. The number of alkyl halides is 3. The van der Waals surface area contributed by atoms with Crippen molar-refractivity contribution in [2.24, 2.45) is 5.41 Å². The fraction of sp³-hybridized carbons (Fsp3) is 0.900. The fourth-order valence-electron chi connectivity index (χ4n) is 1.89. The van der Waals surface area contributed by atoms with Crippen LogP contribution < -0.4 is 0 Å². The van der Waals surface area contributed by atoms with Crippen molar-refractivity contribution in [2.75, 3.05) is 6.54 Å². The predicted molar refractivity (Wildman–Crippen MR) is 50.2 cm³/mol. The topological polar surface area (TPSA) is 20.3 Å². The zero-order valence-corrected chi connectivity index (χ0v) is 9.19. The Morgan fingerprint density at radius 3 is 2.40 bits per heavy atom. The molecule has 1 saturated heterocycles. The van der Waals surface area contributed by atoms with Crippen molar-refractivity contribution >= 4 is 5.91 Å². The number of likely N-dealkylation sites (tertiary alicyclic amines) is 1. The Balaban J connectivity index is 2.79. The number of hydrogen-bond acceptors (Lipinski definition) is 1. The van der Waals surface area contributed by atoms with Gasteiger partial charge in [0, 0.05) is 12.6 Å². The van der Waals surface area contributed by atoms with E-state index in [4.69, 9.17) is 0 Å². The molecule has 0 aromatic carbocycles. The lowest BCUT2D eigenvalue weighted by atomic mass is 9.81. The molecular formula is C10H16F3NO. The third-order valence-electron chi connectivity index (χ3n) is 2.87. The molecule has 0 radical (unpaired) electrons. The lowest BCUT2D eigenvalue weighted by Crippen LogP contribution is -2.52. The quantitative estimate of drug-likeness (QED) is 0.618. The first-order chi connectivity index (χ1) is 6.63. The first-order valence-corrected chi connectivity index (χ1v) is 5.01. The van der Waals surface area contributed by atoms with Gasteiger partial charge in [-0.2, -0.15) is 13.2 Å². The predicted octanol–water partition coefficient (Wildman–Crippen LogP) is 2.59. The van der Waals surface area contributed by atoms with Crippen LogP contribution >= 0.6 is 0 Å². The van der Waals surface area contributed by atoms with Crippen molar-refractivity contribution in [3.05, 3.63) is 0 Å². The maximum Gasteiger partial charge on any atom is 0.471 e. The van der Waals surface area contributed by atoms with Gasteiger partial charge in [0.25, 0.3) is 0 Å². The monoisotopic (exact) mass is 223 g/mol. The first-order valence-electron chi connectivity index (χ1n) is 5.01. The second kappa shape index (κ2) is 3.68. The molecule has 1 atom stereocenters. The van der Waals surface area contributed by atoms with E-state index in [9.17, 15) is 18.0 Å². The standard InChI is InChI=1S/C10H16F3NO/c1-7-4-5-9(2,3)6-14(7)8(15)10(11,12)13/h7H,4-6H2,1-3H3. The van der Waals surface area contributed by atoms with Crippen LogP contribution in [0.25, 0.3) is 0 Å². The molecule has 0 saturated carbocycles. The van der Waals surface area contributed by atoms with E-state index in [1.165, 1.54) is 0 Å². The van der Waals surface area contributed by atoms with Gasteiger partial charge in [0.1, 0.15) is 0 Å². The molecule has 15 heavy (non-hydrogen) atoms. The third kappa shape index (κ3) is 2.86. The fourth-order valence-corrected chi connectivity index (χ4v) is 1.89. The number of halogens is 3. The summed E-state index contributed by atoms with van der Waals surface area (Å²) < 4.78 is 36.8. The van der Waals surface area contributed by atoms with Gasteiger partial charge in [-0.05, 0) is 25.2 Å². The van der Waals surface area contributed by atoms with Crippen LogP contribution in [0.3, 0.4) is 0 Å². The number of carbonyl (C=O) groups is 1. The Hall–Kier alpha value is -0.740. The van der Waals surface area contributed by atoms with Gasteiger partial charge >= 0.3 is 12.1 Å². The molecule has 0 aromatic rings. The van der Waals surface area contributed by atoms with Crippen molar-refractivity contribution < 1.29 is 18.0 Å². The van der Waals surface area contributed by atoms with E-state index in [0.717, 1.165) is 11.3 Å². The summed E-state index contributed by atoms with van der Waals surface area (Å²) in [6.45, 7) is 5.62. The molecule has 1 unspecified atom stereocenters. The SMILES string of the molecule is CC1CCC(C)(C)CN1C(=O)C(F)(F)F. The van der Waals surface area contributed by atoms with Gasteiger partial charge in [-0.25, -0.2) is 0 Å². The van der Waals surface area contributed by atoms with Crippen LogP contribution in [0, 0.1) is 5.41 Å². The van der Waals surface area contributed by atoms with E-state index in [0.29, 0.717) is 6.42 Å². The van der Waals surface area contributed by atoms with E-state index < -0.39 is 12.1 Å². The van der Waals surface area contributed by atoms with Gasteiger partial charge in [-0.1, -0.05) is 13.8 Å². The van der Waals surface area contributed by atoms with Gasteiger partial charge in [0.2, 0.25) is 0 Å². The minimum atomic E-state index is -4.75. The first kappa shape index (κ1) is 12.3. The van der Waals surface area contributed by atoms with Crippen LogP contribution in [0.5, 0.6) is 0 Å². The number of rotatable bonds is 0. The van der Waals surface area contributed by atoms with E-state index in [-0.39, 0.29) is 18.0 Å². The summed E-state index contributed by atoms with van der Waals surface area (Å²) >= 11 is 0. The Bertz CT molecular complexity index is 260. The minimum absolute atomic E-state index is 0.187. The van der Waals surface area contributed by atoms with Crippen LogP contribution in [0.15, 0.2) is 0 Å². The van der Waals surface area contributed by atoms with E-state index >= 15 is 0 Å². The van der Waals surface area contributed by atoms with Gasteiger partial charge in [-0.3, -0.25) is 4.79 Å². The molecule has 0 N–H and O–H groups in total. The van der Waals surface area contributed by atoms with Gasteiger partial charge in [0.05, 0.1) is 0 Å². The Labute approximate surface area is 87.4 Å². The molecular weight excluding hydrogens is 207 g/mol. The summed E-state index contributed by atoms with van der Waals surface area (Å²) in [7, 11) is 0. The Kier molecular flexibility index (Phi) is 3.03. The van der Waals surface area contributed by atoms with Crippen molar-refractivity contribution in [3.63, 3.8) is 0 Å². The molecule has 5 heteroatoms. The van der Waals surface area contributed by atoms with E-state index in [1.807, 2.05) is 13.8 Å². The summed E-state index contributed by atoms with van der Waals surface area (Å²) in [6.07, 6.45) is -3.26. The molecule has 1 aliphatic rings. The molecule has 1 amide bonds. The van der Waals surface area contributed by atoms with Crippen LogP contribution in [0.2, 0.25) is 0 Å². The highest BCUT2D eigenvalue weighted by molar-refractivity contribution is 5.82. The highest BCUT2D eigenvalue weighted by Gasteiger charge is 2.46. The smallest absolute Gasteiger partial charge is 0.332 e. The number of hydrogen-bond donors (Lipinski definition) is 0. The average Bonchev–Trinajstić information content (AvgIpc) is 2.06. The zero-order chi connectivity index (χ0) is 11.9. The van der Waals surface area contributed by atoms with Gasteiger partial charge < -0.3 is 4.90 Å². The van der Waals surface area contributed by atoms with Crippen LogP contribution in [0.4, 0.5) is 13.2 Å². The number of carbonyl (C=O) groups excluding carboxylic acids is 1. The molecule has 0 spiro atoms. The number of nitrogens with zero attached hydrogens (tertiary/aromatic N) is 1. The van der Waals surface area contributed by atoms with E-state index in [2.05, 4.69) is 0 Å². The summed E-state index contributed by atoms with van der Waals surface area (Å²) in [6, 6.07) is -0.313. The second-order valence-electron chi connectivity index (χ2n) is 4.98. The van der Waals surface area contributed by atoms with Crippen molar-refractivity contribution in [3.8, 4) is 0 Å². The Morgan fingerprint density at radius 1 is 1.40 bits per heavy atom. The Morgan fingerprint density at radius 2 is 1.93 bits per heavy atom. The van der Waals surface area contributed by atoms with Crippen molar-refractivity contribution in [1.82, 2.24) is 4.90 Å². The highest BCUT2D eigenvalue weighted by Crippen LogP contribution is 2.34. The zero-order valence-electron chi connectivity index (χ0n) is 9.19. The summed E-state index contributed by atoms with van der Waals surface area (Å²) in [4.78, 5) is 12.1. The maximum atomic E-state index is 12.3. The van der Waals surface area contributed by atoms with Crippen LogP contribution in [0.1, 0.15) is 33.6 Å². The van der Waals surface area contributed by atoms with Crippen molar-refractivity contribution in [1.29, 1.82) is 0 Å². The molecule has 0 bridgehead atoms. The number of piperidine rings is 1. The lowest BCUT2D eigenvalue weighted by molar-refractivity contribution is -0.191. The maximum absolute atomic E-state index is 12.3. The second-order valence-corrected chi connectivity index (χ2v) is 4.98. The van der Waals surface area contributed by atoms with Crippen molar-refractivity contribution in [2.45, 2.75) is 45.8 Å². The minimum Gasteiger partial charge on any atom is -0.332 e. The molecule has 0 aliphatic carbocycles. The average molecular weight is 223 g/mol.